The minimum absolute atomic E-state index is 0.00717. The summed E-state index contributed by atoms with van der Waals surface area (Å²) in [7, 11) is 0. The molecule has 0 radical (unpaired) electrons. The molecular formula is C28H38N4O4S. The number of nitrogen functional groups attached to an aromatic ring is 1. The summed E-state index contributed by atoms with van der Waals surface area (Å²) < 4.78 is 5.55. The predicted molar refractivity (Wildman–Crippen MR) is 147 cm³/mol. The van der Waals surface area contributed by atoms with Crippen LogP contribution in [0, 0.1) is 6.92 Å². The number of hydrogen-bond acceptors (Lipinski definition) is 8. The number of rotatable bonds is 9. The number of esters is 1. The van der Waals surface area contributed by atoms with Crippen LogP contribution >= 0.6 is 11.8 Å². The normalized spacial score (nSPS) is 16.4. The molecule has 1 heterocycles. The summed E-state index contributed by atoms with van der Waals surface area (Å²) in [5.74, 6) is 0.198. The fraction of sp³-hybridized carbons (Fsp3) is 0.500. The van der Waals surface area contributed by atoms with Gasteiger partial charge in [0.2, 0.25) is 5.91 Å². The van der Waals surface area contributed by atoms with Crippen molar-refractivity contribution in [1.82, 2.24) is 15.3 Å². The molecule has 1 aromatic heterocycles. The van der Waals surface area contributed by atoms with Crippen LogP contribution in [0.15, 0.2) is 34.9 Å². The molecule has 0 unspecified atom stereocenters. The van der Waals surface area contributed by atoms with Gasteiger partial charge in [-0.1, -0.05) is 45.5 Å². The number of hydrogen-bond donors (Lipinski definition) is 3. The first-order valence-corrected chi connectivity index (χ1v) is 13.5. The highest BCUT2D eigenvalue weighted by molar-refractivity contribution is 8.03. The van der Waals surface area contributed by atoms with Gasteiger partial charge in [-0.25, -0.2) is 14.8 Å². The Hall–Kier alpha value is -2.91. The Balaban J connectivity index is 1.64. The van der Waals surface area contributed by atoms with Gasteiger partial charge in [0.25, 0.3) is 0 Å². The molecule has 0 atom stereocenters. The summed E-state index contributed by atoms with van der Waals surface area (Å²) in [4.78, 5) is 34.4. The first-order chi connectivity index (χ1) is 17.4. The Kier molecular flexibility index (Phi) is 9.02. The number of fused-ring (bicyclic) bond motifs is 1. The van der Waals surface area contributed by atoms with E-state index in [2.05, 4.69) is 49.0 Å². The van der Waals surface area contributed by atoms with Gasteiger partial charge in [-0.05, 0) is 65.7 Å². The number of nitrogens with two attached hydrogens (primary N) is 1. The Morgan fingerprint density at radius 2 is 1.84 bits per heavy atom. The van der Waals surface area contributed by atoms with Crippen LogP contribution in [0.5, 0.6) is 0 Å². The van der Waals surface area contributed by atoms with Crippen molar-refractivity contribution < 1.29 is 19.4 Å². The summed E-state index contributed by atoms with van der Waals surface area (Å²) in [6, 6.07) is 5.85. The van der Waals surface area contributed by atoms with Gasteiger partial charge in [0, 0.05) is 36.9 Å². The zero-order chi connectivity index (χ0) is 27.4. The Labute approximate surface area is 223 Å². The van der Waals surface area contributed by atoms with Gasteiger partial charge in [-0.15, -0.1) is 0 Å². The number of benzene rings is 1. The summed E-state index contributed by atoms with van der Waals surface area (Å²) in [5, 5.41) is 12.3. The molecule has 0 saturated heterocycles. The molecule has 3 rings (SSSR count). The zero-order valence-electron chi connectivity index (χ0n) is 22.6. The predicted octanol–water partition coefficient (Wildman–Crippen LogP) is 4.54. The molecule has 0 bridgehead atoms. The van der Waals surface area contributed by atoms with Crippen LogP contribution in [-0.2, 0) is 26.9 Å². The van der Waals surface area contributed by atoms with E-state index in [-0.39, 0.29) is 42.2 Å². The van der Waals surface area contributed by atoms with Gasteiger partial charge in [0.1, 0.15) is 17.6 Å². The number of aliphatic hydroxyl groups excluding tert-OH is 1. The van der Waals surface area contributed by atoms with Crippen molar-refractivity contribution in [2.75, 3.05) is 18.3 Å². The van der Waals surface area contributed by atoms with Crippen LogP contribution in [0.4, 0.5) is 5.82 Å². The maximum atomic E-state index is 12.9. The number of carbonyl (C=O) groups is 2. The lowest BCUT2D eigenvalue weighted by atomic mass is 9.63. The van der Waals surface area contributed by atoms with E-state index in [0.717, 1.165) is 12.8 Å². The number of aromatic nitrogens is 2. The molecule has 37 heavy (non-hydrogen) atoms. The van der Waals surface area contributed by atoms with E-state index in [9.17, 15) is 14.7 Å². The van der Waals surface area contributed by atoms with Gasteiger partial charge in [0.05, 0.1) is 5.56 Å². The van der Waals surface area contributed by atoms with E-state index >= 15 is 0 Å². The fourth-order valence-corrected chi connectivity index (χ4v) is 5.36. The molecule has 2 aromatic rings. The van der Waals surface area contributed by atoms with Crippen molar-refractivity contribution in [2.24, 2.45) is 0 Å². The van der Waals surface area contributed by atoms with Crippen molar-refractivity contribution in [3.8, 4) is 0 Å². The van der Waals surface area contributed by atoms with Gasteiger partial charge >= 0.3 is 5.97 Å². The number of anilines is 1. The summed E-state index contributed by atoms with van der Waals surface area (Å²) in [6.07, 6.45) is 4.02. The highest BCUT2D eigenvalue weighted by atomic mass is 32.2. The van der Waals surface area contributed by atoms with E-state index < -0.39 is 5.97 Å². The van der Waals surface area contributed by atoms with Crippen molar-refractivity contribution >= 4 is 29.5 Å². The van der Waals surface area contributed by atoms with Gasteiger partial charge in [-0.2, -0.15) is 0 Å². The average molecular weight is 527 g/mol. The summed E-state index contributed by atoms with van der Waals surface area (Å²) >= 11 is 1.23. The van der Waals surface area contributed by atoms with E-state index in [0.29, 0.717) is 33.2 Å². The molecule has 0 saturated carbocycles. The number of thioether (sulfide) groups is 1. The van der Waals surface area contributed by atoms with Crippen LogP contribution in [-0.4, -0.2) is 39.5 Å². The molecule has 1 aliphatic carbocycles. The van der Waals surface area contributed by atoms with Gasteiger partial charge < -0.3 is 20.9 Å². The third-order valence-corrected chi connectivity index (χ3v) is 8.16. The molecule has 0 fully saturated rings. The van der Waals surface area contributed by atoms with E-state index in [1.165, 1.54) is 22.9 Å². The third-order valence-electron chi connectivity index (χ3n) is 7.07. The maximum absolute atomic E-state index is 12.9. The van der Waals surface area contributed by atoms with Crippen LogP contribution in [0.1, 0.15) is 86.8 Å². The largest absolute Gasteiger partial charge is 0.451 e. The number of aliphatic hydroxyl groups is 1. The van der Waals surface area contributed by atoms with Crippen molar-refractivity contribution in [3.63, 3.8) is 0 Å². The minimum atomic E-state index is -0.408. The molecule has 9 heteroatoms. The lowest BCUT2D eigenvalue weighted by Gasteiger charge is -2.41. The van der Waals surface area contributed by atoms with Crippen LogP contribution < -0.4 is 11.1 Å². The number of ether oxygens (including phenoxy) is 1. The molecule has 0 aliphatic heterocycles. The molecule has 1 aromatic carbocycles. The van der Waals surface area contributed by atoms with Gasteiger partial charge in [-0.3, -0.25) is 4.79 Å². The van der Waals surface area contributed by atoms with E-state index in [1.807, 2.05) is 12.1 Å². The number of carbonyl (C=O) groups excluding carboxylic acids is 2. The molecule has 0 spiro atoms. The zero-order valence-corrected chi connectivity index (χ0v) is 23.4. The maximum Gasteiger partial charge on any atom is 0.338 e. The summed E-state index contributed by atoms with van der Waals surface area (Å²) in [5.41, 5.74) is 10.0. The topological polar surface area (TPSA) is 127 Å². The smallest absolute Gasteiger partial charge is 0.338 e. The van der Waals surface area contributed by atoms with Crippen molar-refractivity contribution in [2.45, 2.75) is 78.2 Å². The molecule has 8 nitrogen and oxygen atoms in total. The SMILES string of the molecule is C/C(C(=O)NCc1cnc(C)nc1N)=C(\CCO)SCOC(=O)c1ccc2c(c1)C(C)(C)CCC2(C)C. The van der Waals surface area contributed by atoms with Crippen LogP contribution in [0.3, 0.4) is 0 Å². The second-order valence-corrected chi connectivity index (χ2v) is 11.8. The van der Waals surface area contributed by atoms with Crippen molar-refractivity contribution in [1.29, 1.82) is 0 Å². The quantitative estimate of drug-likeness (QED) is 0.247. The minimum Gasteiger partial charge on any atom is -0.451 e. The average Bonchev–Trinajstić information content (AvgIpc) is 2.85. The van der Waals surface area contributed by atoms with Crippen LogP contribution in [0.25, 0.3) is 0 Å². The summed E-state index contributed by atoms with van der Waals surface area (Å²) in [6.45, 7) is 12.4. The highest BCUT2D eigenvalue weighted by Crippen LogP contribution is 2.46. The molecular weight excluding hydrogens is 488 g/mol. The second-order valence-electron chi connectivity index (χ2n) is 10.8. The number of nitrogens with one attached hydrogen (secondary N) is 1. The lowest BCUT2D eigenvalue weighted by Crippen LogP contribution is -2.34. The number of nitrogens with zero attached hydrogens (tertiary/aromatic N) is 2. The first-order valence-electron chi connectivity index (χ1n) is 12.5. The number of aryl methyl sites for hydroxylation is 1. The fourth-order valence-electron chi connectivity index (χ4n) is 4.51. The molecule has 200 valence electrons. The highest BCUT2D eigenvalue weighted by Gasteiger charge is 2.37. The monoisotopic (exact) mass is 526 g/mol. The Morgan fingerprint density at radius 1 is 1.16 bits per heavy atom. The van der Waals surface area contributed by atoms with Crippen molar-refractivity contribution in [3.05, 3.63) is 63.0 Å². The first kappa shape index (κ1) is 28.7. The molecule has 1 aliphatic rings. The third kappa shape index (κ3) is 6.90. The second kappa shape index (κ2) is 11.6. The number of amides is 1. The lowest BCUT2D eigenvalue weighted by molar-refractivity contribution is -0.117. The Morgan fingerprint density at radius 3 is 2.49 bits per heavy atom. The molecule has 1 amide bonds. The van der Waals surface area contributed by atoms with E-state index in [1.54, 1.807) is 20.0 Å². The van der Waals surface area contributed by atoms with Crippen LogP contribution in [0.2, 0.25) is 0 Å². The Bertz CT molecular complexity index is 1210. The van der Waals surface area contributed by atoms with Gasteiger partial charge in [0.15, 0.2) is 0 Å². The van der Waals surface area contributed by atoms with E-state index in [4.69, 9.17) is 10.5 Å². The standard InChI is InChI=1S/C28H38N4O4S/c1-17(25(34)31-15-20-14-30-18(2)32-24(20)29)23(9-12-33)37-16-36-26(35)19-7-8-21-22(13-19)28(5,6)11-10-27(21,3)4/h7-8,13-14,33H,9-12,15-16H2,1-6H3,(H,31,34)(H2,29,30,32)/b23-17-. The molecule has 4 N–H and O–H groups in total.